The molecule has 0 aromatic carbocycles. The Bertz CT molecular complexity index is 498. The molecule has 1 fully saturated rings. The molecule has 6 heteroatoms. The number of amides is 1. The van der Waals surface area contributed by atoms with E-state index in [2.05, 4.69) is 17.2 Å². The second-order valence-corrected chi connectivity index (χ2v) is 6.54. The summed E-state index contributed by atoms with van der Waals surface area (Å²) in [4.78, 5) is 18.5. The number of rotatable bonds is 5. The van der Waals surface area contributed by atoms with Gasteiger partial charge in [0.25, 0.3) is 5.91 Å². The van der Waals surface area contributed by atoms with E-state index in [9.17, 15) is 9.18 Å². The van der Waals surface area contributed by atoms with Gasteiger partial charge in [-0.25, -0.2) is 9.37 Å². The highest BCUT2D eigenvalue weighted by Gasteiger charge is 2.26. The number of hydrogen-bond acceptors (Lipinski definition) is 4. The summed E-state index contributed by atoms with van der Waals surface area (Å²) in [5.74, 6) is 0.817. The fraction of sp³-hybridized carbons (Fsp3) is 0.600. The van der Waals surface area contributed by atoms with Crippen molar-refractivity contribution in [1.82, 2.24) is 9.88 Å². The maximum Gasteiger partial charge on any atom is 0.257 e. The van der Waals surface area contributed by atoms with Gasteiger partial charge in [0.2, 0.25) is 0 Å². The topological polar surface area (TPSA) is 45.2 Å². The minimum Gasteiger partial charge on any atom is -0.369 e. The third kappa shape index (κ3) is 4.09. The Balaban J connectivity index is 2.18. The molecule has 1 N–H and O–H groups in total. The van der Waals surface area contributed by atoms with Crippen molar-refractivity contribution in [3.05, 3.63) is 23.6 Å². The minimum atomic E-state index is -0.473. The summed E-state index contributed by atoms with van der Waals surface area (Å²) in [6.07, 6.45) is 3.11. The molecule has 1 amide bonds. The zero-order chi connectivity index (χ0) is 15.2. The summed E-state index contributed by atoms with van der Waals surface area (Å²) in [7, 11) is 0. The minimum absolute atomic E-state index is 0.126. The van der Waals surface area contributed by atoms with Gasteiger partial charge in [-0.2, -0.15) is 11.8 Å². The molecule has 21 heavy (non-hydrogen) atoms. The number of aromatic nitrogens is 1. The number of hydrogen-bond donors (Lipinski definition) is 1. The molecule has 0 radical (unpaired) electrons. The molecular formula is C15H22FN3OS. The van der Waals surface area contributed by atoms with Crippen LogP contribution in [-0.4, -0.2) is 46.4 Å². The number of nitrogens with one attached hydrogen (secondary N) is 1. The number of carbonyl (C=O) groups excluding carboxylic acids is 1. The lowest BCUT2D eigenvalue weighted by Gasteiger charge is -2.32. The van der Waals surface area contributed by atoms with Gasteiger partial charge >= 0.3 is 0 Å². The molecule has 1 aromatic heterocycles. The summed E-state index contributed by atoms with van der Waals surface area (Å²) < 4.78 is 13.5. The standard InChI is InChI=1S/C15H22FN3OS/c1-3-5-17-14-13(8-11(16)9-18-14)15(20)19-6-7-21-12(4-2)10-19/h8-9,12H,3-7,10H2,1-2H3,(H,17,18). The Morgan fingerprint density at radius 1 is 1.57 bits per heavy atom. The molecule has 0 aliphatic carbocycles. The predicted octanol–water partition coefficient (Wildman–Crippen LogP) is 3.01. The smallest absolute Gasteiger partial charge is 0.257 e. The van der Waals surface area contributed by atoms with Gasteiger partial charge < -0.3 is 10.2 Å². The summed E-state index contributed by atoms with van der Waals surface area (Å²) >= 11 is 1.90. The van der Waals surface area contributed by atoms with Crippen molar-refractivity contribution in [2.24, 2.45) is 0 Å². The van der Waals surface area contributed by atoms with Crippen LogP contribution in [0.4, 0.5) is 10.2 Å². The predicted molar refractivity (Wildman–Crippen MR) is 85.4 cm³/mol. The monoisotopic (exact) mass is 311 g/mol. The fourth-order valence-electron chi connectivity index (χ4n) is 2.31. The molecule has 116 valence electrons. The molecule has 1 saturated heterocycles. The Kier molecular flexibility index (Phi) is 5.85. The molecule has 0 saturated carbocycles. The lowest BCUT2D eigenvalue weighted by Crippen LogP contribution is -2.42. The highest BCUT2D eigenvalue weighted by Crippen LogP contribution is 2.24. The van der Waals surface area contributed by atoms with Crippen LogP contribution in [0.15, 0.2) is 12.3 Å². The van der Waals surface area contributed by atoms with Crippen LogP contribution in [-0.2, 0) is 0 Å². The van der Waals surface area contributed by atoms with Crippen LogP contribution in [0.1, 0.15) is 37.0 Å². The van der Waals surface area contributed by atoms with Crippen LogP contribution in [0.3, 0.4) is 0 Å². The van der Waals surface area contributed by atoms with Crippen molar-refractivity contribution in [3.8, 4) is 0 Å². The molecule has 1 atom stereocenters. The van der Waals surface area contributed by atoms with Gasteiger partial charge in [-0.15, -0.1) is 0 Å². The fourth-order valence-corrected chi connectivity index (χ4v) is 3.49. The SMILES string of the molecule is CCCNc1ncc(F)cc1C(=O)N1CCSC(CC)C1. The van der Waals surface area contributed by atoms with Crippen molar-refractivity contribution < 1.29 is 9.18 Å². The van der Waals surface area contributed by atoms with E-state index < -0.39 is 5.82 Å². The van der Waals surface area contributed by atoms with Crippen molar-refractivity contribution in [1.29, 1.82) is 0 Å². The van der Waals surface area contributed by atoms with Gasteiger partial charge in [-0.05, 0) is 18.9 Å². The summed E-state index contributed by atoms with van der Waals surface area (Å²) in [5, 5.41) is 3.57. The summed E-state index contributed by atoms with van der Waals surface area (Å²) in [5.41, 5.74) is 0.338. The maximum atomic E-state index is 13.5. The van der Waals surface area contributed by atoms with E-state index in [-0.39, 0.29) is 5.91 Å². The van der Waals surface area contributed by atoms with E-state index >= 15 is 0 Å². The molecule has 1 unspecified atom stereocenters. The van der Waals surface area contributed by atoms with Crippen LogP contribution < -0.4 is 5.32 Å². The van der Waals surface area contributed by atoms with Crippen LogP contribution in [0, 0.1) is 5.82 Å². The number of pyridine rings is 1. The molecule has 1 aliphatic heterocycles. The van der Waals surface area contributed by atoms with E-state index in [1.54, 1.807) is 0 Å². The number of halogens is 1. The molecule has 2 rings (SSSR count). The van der Waals surface area contributed by atoms with Gasteiger partial charge in [-0.3, -0.25) is 4.79 Å². The van der Waals surface area contributed by atoms with E-state index in [0.717, 1.165) is 31.3 Å². The van der Waals surface area contributed by atoms with Gasteiger partial charge in [0.15, 0.2) is 0 Å². The first-order valence-corrected chi connectivity index (χ1v) is 8.50. The quantitative estimate of drug-likeness (QED) is 0.908. The third-order valence-corrected chi connectivity index (χ3v) is 4.88. The Labute approximate surface area is 129 Å². The molecule has 0 bridgehead atoms. The first-order valence-electron chi connectivity index (χ1n) is 7.46. The van der Waals surface area contributed by atoms with Crippen molar-refractivity contribution >= 4 is 23.5 Å². The Hall–Kier alpha value is -1.30. The number of carbonyl (C=O) groups is 1. The molecule has 1 aromatic rings. The van der Waals surface area contributed by atoms with Crippen molar-refractivity contribution in [2.45, 2.75) is 31.9 Å². The zero-order valence-corrected chi connectivity index (χ0v) is 13.4. The van der Waals surface area contributed by atoms with E-state index in [1.165, 1.54) is 6.07 Å². The molecular weight excluding hydrogens is 289 g/mol. The van der Waals surface area contributed by atoms with E-state index in [1.807, 2.05) is 23.6 Å². The summed E-state index contributed by atoms with van der Waals surface area (Å²) in [6.45, 7) is 6.31. The number of anilines is 1. The maximum absolute atomic E-state index is 13.5. The van der Waals surface area contributed by atoms with Gasteiger partial charge in [0.05, 0.1) is 11.8 Å². The molecule has 1 aliphatic rings. The van der Waals surface area contributed by atoms with Crippen molar-refractivity contribution in [3.63, 3.8) is 0 Å². The zero-order valence-electron chi connectivity index (χ0n) is 12.6. The molecule has 0 spiro atoms. The second-order valence-electron chi connectivity index (χ2n) is 5.13. The summed E-state index contributed by atoms with van der Waals surface area (Å²) in [6, 6.07) is 1.29. The Morgan fingerprint density at radius 3 is 3.10 bits per heavy atom. The third-order valence-electron chi connectivity index (χ3n) is 3.51. The molecule has 4 nitrogen and oxygen atoms in total. The van der Waals surface area contributed by atoms with Crippen LogP contribution in [0.25, 0.3) is 0 Å². The second kappa shape index (κ2) is 7.64. The van der Waals surface area contributed by atoms with E-state index in [0.29, 0.717) is 29.7 Å². The van der Waals surface area contributed by atoms with Gasteiger partial charge in [0, 0.05) is 30.6 Å². The van der Waals surface area contributed by atoms with E-state index in [4.69, 9.17) is 0 Å². The van der Waals surface area contributed by atoms with Crippen LogP contribution in [0.5, 0.6) is 0 Å². The normalized spacial score (nSPS) is 18.6. The average molecular weight is 311 g/mol. The van der Waals surface area contributed by atoms with Crippen LogP contribution in [0.2, 0.25) is 0 Å². The number of nitrogens with zero attached hydrogens (tertiary/aromatic N) is 2. The van der Waals surface area contributed by atoms with Crippen LogP contribution >= 0.6 is 11.8 Å². The number of thioether (sulfide) groups is 1. The van der Waals surface area contributed by atoms with Gasteiger partial charge in [-0.1, -0.05) is 13.8 Å². The van der Waals surface area contributed by atoms with Gasteiger partial charge in [0.1, 0.15) is 11.6 Å². The highest BCUT2D eigenvalue weighted by molar-refractivity contribution is 8.00. The highest BCUT2D eigenvalue weighted by atomic mass is 32.2. The average Bonchev–Trinajstić information content (AvgIpc) is 2.53. The lowest BCUT2D eigenvalue weighted by atomic mass is 10.2. The lowest BCUT2D eigenvalue weighted by molar-refractivity contribution is 0.0761. The first kappa shape index (κ1) is 16.1. The first-order chi connectivity index (χ1) is 10.2. The largest absolute Gasteiger partial charge is 0.369 e. The van der Waals surface area contributed by atoms with Crippen molar-refractivity contribution in [2.75, 3.05) is 30.7 Å². The molecule has 2 heterocycles. The Morgan fingerprint density at radius 2 is 2.38 bits per heavy atom.